The number of esters is 1. The summed E-state index contributed by atoms with van der Waals surface area (Å²) in [4.78, 5) is 11.1. The lowest BCUT2D eigenvalue weighted by Gasteiger charge is -2.07. The maximum atomic E-state index is 11.1. The van der Waals surface area contributed by atoms with Crippen LogP contribution in [0.3, 0.4) is 0 Å². The number of rotatable bonds is 5. The second-order valence-electron chi connectivity index (χ2n) is 3.67. The van der Waals surface area contributed by atoms with Crippen LogP contribution in [0.4, 0.5) is 0 Å². The van der Waals surface area contributed by atoms with Crippen LogP contribution in [0.25, 0.3) is 0 Å². The molecule has 3 heteroatoms. The van der Waals surface area contributed by atoms with Gasteiger partial charge in [0.25, 0.3) is 0 Å². The summed E-state index contributed by atoms with van der Waals surface area (Å²) in [5, 5.41) is 8.82. The summed E-state index contributed by atoms with van der Waals surface area (Å²) in [7, 11) is 0. The van der Waals surface area contributed by atoms with Gasteiger partial charge in [0.1, 0.15) is 6.10 Å². The maximum Gasteiger partial charge on any atom is 0.311 e. The highest BCUT2D eigenvalue weighted by Crippen LogP contribution is 2.24. The lowest BCUT2D eigenvalue weighted by atomic mass is 10.0. The van der Waals surface area contributed by atoms with Crippen LogP contribution in [0, 0.1) is 5.92 Å². The third-order valence-electron chi connectivity index (χ3n) is 2.51. The second kappa shape index (κ2) is 5.22. The lowest BCUT2D eigenvalue weighted by Crippen LogP contribution is -2.11. The molecular formula is C10H18O3. The Morgan fingerprint density at radius 3 is 2.85 bits per heavy atom. The highest BCUT2D eigenvalue weighted by atomic mass is 16.6. The van der Waals surface area contributed by atoms with Gasteiger partial charge >= 0.3 is 5.97 Å². The largest absolute Gasteiger partial charge is 0.462 e. The van der Waals surface area contributed by atoms with Crippen LogP contribution < -0.4 is 0 Å². The van der Waals surface area contributed by atoms with Gasteiger partial charge in [-0.05, 0) is 19.3 Å². The Labute approximate surface area is 79.1 Å². The topological polar surface area (TPSA) is 46.5 Å². The van der Waals surface area contributed by atoms with Crippen molar-refractivity contribution in [3.8, 4) is 0 Å². The Morgan fingerprint density at radius 1 is 1.54 bits per heavy atom. The minimum Gasteiger partial charge on any atom is -0.462 e. The van der Waals surface area contributed by atoms with Gasteiger partial charge in [-0.25, -0.2) is 0 Å². The first-order valence-corrected chi connectivity index (χ1v) is 5.09. The molecule has 0 aromatic carbocycles. The van der Waals surface area contributed by atoms with Gasteiger partial charge in [-0.15, -0.1) is 0 Å². The monoisotopic (exact) mass is 186 g/mol. The van der Waals surface area contributed by atoms with E-state index >= 15 is 0 Å². The number of cyclic esters (lactones) is 1. The molecule has 76 valence electrons. The molecule has 1 rings (SSSR count). The molecule has 2 atom stereocenters. The van der Waals surface area contributed by atoms with Crippen LogP contribution in [-0.2, 0) is 9.53 Å². The fourth-order valence-corrected chi connectivity index (χ4v) is 1.67. The third kappa shape index (κ3) is 2.99. The van der Waals surface area contributed by atoms with Gasteiger partial charge in [-0.1, -0.05) is 19.8 Å². The average molecular weight is 186 g/mol. The van der Waals surface area contributed by atoms with Crippen molar-refractivity contribution in [2.75, 3.05) is 6.61 Å². The number of aliphatic hydroxyl groups is 1. The van der Waals surface area contributed by atoms with Gasteiger partial charge in [0.05, 0.1) is 12.5 Å². The number of hydrogen-bond donors (Lipinski definition) is 1. The first-order chi connectivity index (χ1) is 6.27. The van der Waals surface area contributed by atoms with Crippen molar-refractivity contribution >= 4 is 5.97 Å². The van der Waals surface area contributed by atoms with Crippen molar-refractivity contribution in [2.24, 2.45) is 5.92 Å². The van der Waals surface area contributed by atoms with Crippen LogP contribution in [0.1, 0.15) is 39.0 Å². The van der Waals surface area contributed by atoms with Gasteiger partial charge < -0.3 is 9.84 Å². The molecule has 1 saturated heterocycles. The molecule has 1 heterocycles. The lowest BCUT2D eigenvalue weighted by molar-refractivity contribution is -0.145. The summed E-state index contributed by atoms with van der Waals surface area (Å²) in [5.41, 5.74) is 0. The Hall–Kier alpha value is -0.570. The predicted octanol–water partition coefficient (Wildman–Crippen LogP) is 1.49. The minimum atomic E-state index is -0.258. The van der Waals surface area contributed by atoms with Gasteiger partial charge in [-0.3, -0.25) is 4.79 Å². The van der Waals surface area contributed by atoms with Crippen molar-refractivity contribution in [3.63, 3.8) is 0 Å². The normalized spacial score (nSPS) is 27.7. The van der Waals surface area contributed by atoms with E-state index in [1.54, 1.807) is 0 Å². The standard InChI is InChI=1S/C10H18O3/c1-2-3-4-5-9-6-8(7-11)10(12)13-9/h8-9,11H,2-7H2,1H3. The van der Waals surface area contributed by atoms with Crippen molar-refractivity contribution in [1.82, 2.24) is 0 Å². The summed E-state index contributed by atoms with van der Waals surface area (Å²) in [6.45, 7) is 2.08. The van der Waals surface area contributed by atoms with E-state index in [4.69, 9.17) is 9.84 Å². The number of ether oxygens (including phenoxy) is 1. The predicted molar refractivity (Wildman–Crippen MR) is 49.2 cm³/mol. The van der Waals surface area contributed by atoms with Crippen molar-refractivity contribution < 1.29 is 14.6 Å². The van der Waals surface area contributed by atoms with Crippen molar-refractivity contribution in [3.05, 3.63) is 0 Å². The van der Waals surface area contributed by atoms with Crippen LogP contribution >= 0.6 is 0 Å². The Balaban J connectivity index is 2.20. The van der Waals surface area contributed by atoms with Crippen LogP contribution in [-0.4, -0.2) is 23.8 Å². The van der Waals surface area contributed by atoms with E-state index < -0.39 is 0 Å². The van der Waals surface area contributed by atoms with Crippen molar-refractivity contribution in [2.45, 2.75) is 45.1 Å². The molecule has 2 unspecified atom stereocenters. The molecule has 0 spiro atoms. The number of carbonyl (C=O) groups excluding carboxylic acids is 1. The zero-order valence-corrected chi connectivity index (χ0v) is 8.16. The van der Waals surface area contributed by atoms with Gasteiger partial charge in [-0.2, -0.15) is 0 Å². The average Bonchev–Trinajstić information content (AvgIpc) is 2.47. The van der Waals surface area contributed by atoms with Crippen molar-refractivity contribution in [1.29, 1.82) is 0 Å². The summed E-state index contributed by atoms with van der Waals surface area (Å²) in [6, 6.07) is 0. The summed E-state index contributed by atoms with van der Waals surface area (Å²) < 4.78 is 5.11. The Bertz CT molecular complexity index is 168. The van der Waals surface area contributed by atoms with E-state index in [0.717, 1.165) is 12.8 Å². The molecule has 1 aliphatic rings. The number of unbranched alkanes of at least 4 members (excludes halogenated alkanes) is 2. The number of hydrogen-bond acceptors (Lipinski definition) is 3. The van der Waals surface area contributed by atoms with Crippen LogP contribution in [0.5, 0.6) is 0 Å². The number of carbonyl (C=O) groups is 1. The minimum absolute atomic E-state index is 0.0659. The van der Waals surface area contributed by atoms with E-state index in [1.807, 2.05) is 0 Å². The van der Waals surface area contributed by atoms with Crippen LogP contribution in [0.15, 0.2) is 0 Å². The molecule has 0 saturated carbocycles. The molecule has 1 aliphatic heterocycles. The van der Waals surface area contributed by atoms with Gasteiger partial charge in [0, 0.05) is 0 Å². The molecule has 0 aromatic heterocycles. The van der Waals surface area contributed by atoms with E-state index in [1.165, 1.54) is 12.8 Å². The Kier molecular flexibility index (Phi) is 4.22. The smallest absolute Gasteiger partial charge is 0.311 e. The summed E-state index contributed by atoms with van der Waals surface area (Å²) >= 11 is 0. The summed E-state index contributed by atoms with van der Waals surface area (Å²) in [6.07, 6.45) is 5.22. The quantitative estimate of drug-likeness (QED) is 0.522. The first kappa shape index (κ1) is 10.5. The fraction of sp³-hybridized carbons (Fsp3) is 0.900. The molecule has 1 fully saturated rings. The highest BCUT2D eigenvalue weighted by Gasteiger charge is 2.33. The van der Waals surface area contributed by atoms with Gasteiger partial charge in [0.15, 0.2) is 0 Å². The Morgan fingerprint density at radius 2 is 2.31 bits per heavy atom. The highest BCUT2D eigenvalue weighted by molar-refractivity contribution is 5.74. The molecule has 13 heavy (non-hydrogen) atoms. The molecular weight excluding hydrogens is 168 g/mol. The van der Waals surface area contributed by atoms with E-state index in [0.29, 0.717) is 6.42 Å². The zero-order chi connectivity index (χ0) is 9.68. The van der Waals surface area contributed by atoms with E-state index in [-0.39, 0.29) is 24.6 Å². The van der Waals surface area contributed by atoms with Gasteiger partial charge in [0.2, 0.25) is 0 Å². The molecule has 1 N–H and O–H groups in total. The fourth-order valence-electron chi connectivity index (χ4n) is 1.67. The molecule has 0 aliphatic carbocycles. The zero-order valence-electron chi connectivity index (χ0n) is 8.16. The second-order valence-corrected chi connectivity index (χ2v) is 3.67. The number of aliphatic hydroxyl groups excluding tert-OH is 1. The summed E-state index contributed by atoms with van der Waals surface area (Å²) in [5.74, 6) is -0.476. The molecule has 0 bridgehead atoms. The molecule has 0 radical (unpaired) electrons. The third-order valence-corrected chi connectivity index (χ3v) is 2.51. The molecule has 0 amide bonds. The molecule has 0 aromatic rings. The van der Waals surface area contributed by atoms with E-state index in [9.17, 15) is 4.79 Å². The maximum absolute atomic E-state index is 11.1. The first-order valence-electron chi connectivity index (χ1n) is 5.09. The molecule has 3 nitrogen and oxygen atoms in total. The van der Waals surface area contributed by atoms with Crippen LogP contribution in [0.2, 0.25) is 0 Å². The van der Waals surface area contributed by atoms with E-state index in [2.05, 4.69) is 6.92 Å². The SMILES string of the molecule is CCCCCC1CC(CO)C(=O)O1.